The van der Waals surface area contributed by atoms with Crippen molar-refractivity contribution in [1.29, 1.82) is 0 Å². The number of hydrogen-bond acceptors (Lipinski definition) is 3. The van der Waals surface area contributed by atoms with Gasteiger partial charge in [-0.2, -0.15) is 0 Å². The maximum atomic E-state index is 10.4. The molecule has 2 saturated heterocycles. The molecule has 2 rings (SSSR count). The van der Waals surface area contributed by atoms with E-state index in [0.717, 1.165) is 31.5 Å². The number of likely N-dealkylation sites (N-methyl/N-ethyl adjacent to an activating group) is 1. The Balaban J connectivity index is 1.70. The molecule has 2 bridgehead atoms. The Hall–Kier alpha value is -0.610. The average molecular weight is 240 g/mol. The lowest BCUT2D eigenvalue weighted by Gasteiger charge is -2.25. The molecular formula is C13H24N2O2. The minimum atomic E-state index is -0.667. The number of aliphatic carboxylic acids is 1. The molecule has 0 spiro atoms. The van der Waals surface area contributed by atoms with Crippen LogP contribution in [-0.2, 0) is 4.79 Å². The number of unbranched alkanes of at least 4 members (excludes halogenated alkanes) is 1. The Kier molecular flexibility index (Phi) is 4.40. The summed E-state index contributed by atoms with van der Waals surface area (Å²) in [5, 5.41) is 8.60. The van der Waals surface area contributed by atoms with Crippen molar-refractivity contribution in [2.24, 2.45) is 0 Å². The minimum Gasteiger partial charge on any atom is -0.481 e. The zero-order chi connectivity index (χ0) is 12.3. The topological polar surface area (TPSA) is 43.8 Å². The first kappa shape index (κ1) is 12.8. The van der Waals surface area contributed by atoms with Gasteiger partial charge in [-0.1, -0.05) is 0 Å². The highest BCUT2D eigenvalue weighted by molar-refractivity contribution is 5.66. The summed E-state index contributed by atoms with van der Waals surface area (Å²) < 4.78 is 0. The maximum Gasteiger partial charge on any atom is 0.303 e. The number of hydrogen-bond donors (Lipinski definition) is 1. The Morgan fingerprint density at radius 2 is 2.00 bits per heavy atom. The first-order chi connectivity index (χ1) is 8.16. The van der Waals surface area contributed by atoms with Crippen LogP contribution in [0, 0.1) is 0 Å². The number of fused-ring (bicyclic) bond motifs is 2. The molecule has 4 nitrogen and oxygen atoms in total. The van der Waals surface area contributed by atoms with Gasteiger partial charge in [-0.3, -0.25) is 9.69 Å². The third-order valence-corrected chi connectivity index (χ3v) is 4.35. The van der Waals surface area contributed by atoms with Gasteiger partial charge in [0.15, 0.2) is 0 Å². The molecule has 2 atom stereocenters. The fourth-order valence-electron chi connectivity index (χ4n) is 3.19. The van der Waals surface area contributed by atoms with Crippen molar-refractivity contribution in [2.45, 2.75) is 50.6 Å². The van der Waals surface area contributed by atoms with E-state index in [9.17, 15) is 4.79 Å². The molecule has 2 heterocycles. The SMILES string of the molecule is CN1C2CCC1CN(CCCCC(=O)O)CC2. The molecule has 4 heteroatoms. The highest BCUT2D eigenvalue weighted by Crippen LogP contribution is 2.28. The largest absolute Gasteiger partial charge is 0.481 e. The molecule has 17 heavy (non-hydrogen) atoms. The molecule has 0 radical (unpaired) electrons. The van der Waals surface area contributed by atoms with Gasteiger partial charge >= 0.3 is 5.97 Å². The van der Waals surface area contributed by atoms with Gasteiger partial charge in [0.1, 0.15) is 0 Å². The second-order valence-corrected chi connectivity index (χ2v) is 5.49. The van der Waals surface area contributed by atoms with E-state index in [4.69, 9.17) is 5.11 Å². The van der Waals surface area contributed by atoms with E-state index in [-0.39, 0.29) is 0 Å². The summed E-state index contributed by atoms with van der Waals surface area (Å²) in [4.78, 5) is 15.5. The molecular weight excluding hydrogens is 216 g/mol. The standard InChI is InChI=1S/C13H24N2O2/c1-14-11-5-6-12(14)10-15(9-7-11)8-3-2-4-13(16)17/h11-12H,2-10H2,1H3,(H,16,17). The van der Waals surface area contributed by atoms with Crippen molar-refractivity contribution in [3.63, 3.8) is 0 Å². The summed E-state index contributed by atoms with van der Waals surface area (Å²) >= 11 is 0. The third kappa shape index (κ3) is 3.42. The minimum absolute atomic E-state index is 0.319. The van der Waals surface area contributed by atoms with Gasteiger partial charge in [0.25, 0.3) is 0 Å². The van der Waals surface area contributed by atoms with Crippen molar-refractivity contribution in [3.8, 4) is 0 Å². The molecule has 2 aliphatic rings. The van der Waals surface area contributed by atoms with Gasteiger partial charge in [-0.15, -0.1) is 0 Å². The highest BCUT2D eigenvalue weighted by Gasteiger charge is 2.34. The fraction of sp³-hybridized carbons (Fsp3) is 0.923. The van der Waals surface area contributed by atoms with E-state index in [1.165, 1.54) is 32.4 Å². The maximum absolute atomic E-state index is 10.4. The van der Waals surface area contributed by atoms with E-state index < -0.39 is 5.97 Å². The van der Waals surface area contributed by atoms with E-state index in [0.29, 0.717) is 6.42 Å². The molecule has 0 saturated carbocycles. The quantitative estimate of drug-likeness (QED) is 0.738. The van der Waals surface area contributed by atoms with E-state index in [1.807, 2.05) is 0 Å². The first-order valence-electron chi connectivity index (χ1n) is 6.83. The van der Waals surface area contributed by atoms with Crippen LogP contribution in [0.2, 0.25) is 0 Å². The average Bonchev–Trinajstić information content (AvgIpc) is 2.51. The molecule has 0 aromatic rings. The molecule has 2 fully saturated rings. The zero-order valence-electron chi connectivity index (χ0n) is 10.8. The van der Waals surface area contributed by atoms with Crippen LogP contribution in [-0.4, -0.2) is 59.6 Å². The van der Waals surface area contributed by atoms with E-state index in [1.54, 1.807) is 0 Å². The van der Waals surface area contributed by atoms with Gasteiger partial charge in [0, 0.05) is 25.0 Å². The molecule has 2 unspecified atom stereocenters. The molecule has 1 N–H and O–H groups in total. The van der Waals surface area contributed by atoms with Crippen molar-refractivity contribution in [3.05, 3.63) is 0 Å². The van der Waals surface area contributed by atoms with Crippen molar-refractivity contribution >= 4 is 5.97 Å². The van der Waals surface area contributed by atoms with Gasteiger partial charge in [-0.25, -0.2) is 0 Å². The van der Waals surface area contributed by atoms with Crippen molar-refractivity contribution in [2.75, 3.05) is 26.7 Å². The normalized spacial score (nSPS) is 30.4. The molecule has 2 aliphatic heterocycles. The number of rotatable bonds is 5. The smallest absolute Gasteiger partial charge is 0.303 e. The van der Waals surface area contributed by atoms with Crippen LogP contribution in [0.1, 0.15) is 38.5 Å². The van der Waals surface area contributed by atoms with Crippen LogP contribution in [0.3, 0.4) is 0 Å². The van der Waals surface area contributed by atoms with Gasteiger partial charge in [0.05, 0.1) is 0 Å². The number of nitrogens with zero attached hydrogens (tertiary/aromatic N) is 2. The third-order valence-electron chi connectivity index (χ3n) is 4.35. The highest BCUT2D eigenvalue weighted by atomic mass is 16.4. The van der Waals surface area contributed by atoms with Crippen LogP contribution in [0.25, 0.3) is 0 Å². The summed E-state index contributed by atoms with van der Waals surface area (Å²) in [5.74, 6) is -0.667. The Bertz CT molecular complexity index is 270. The van der Waals surface area contributed by atoms with Crippen LogP contribution in [0.15, 0.2) is 0 Å². The predicted octanol–water partition coefficient (Wildman–Crippen LogP) is 1.41. The van der Waals surface area contributed by atoms with Crippen molar-refractivity contribution in [1.82, 2.24) is 9.80 Å². The summed E-state index contributed by atoms with van der Waals surface area (Å²) in [6.07, 6.45) is 6.15. The second kappa shape index (κ2) is 5.83. The Labute approximate surface area is 104 Å². The van der Waals surface area contributed by atoms with Crippen LogP contribution in [0.4, 0.5) is 0 Å². The van der Waals surface area contributed by atoms with E-state index in [2.05, 4.69) is 16.8 Å². The summed E-state index contributed by atoms with van der Waals surface area (Å²) in [6, 6.07) is 1.53. The van der Waals surface area contributed by atoms with Crippen LogP contribution in [0.5, 0.6) is 0 Å². The molecule has 0 amide bonds. The zero-order valence-corrected chi connectivity index (χ0v) is 10.8. The second-order valence-electron chi connectivity index (χ2n) is 5.49. The lowest BCUT2D eigenvalue weighted by atomic mass is 10.1. The van der Waals surface area contributed by atoms with Crippen LogP contribution < -0.4 is 0 Å². The Morgan fingerprint density at radius 1 is 1.24 bits per heavy atom. The first-order valence-corrected chi connectivity index (χ1v) is 6.83. The molecule has 98 valence electrons. The number of carboxylic acid groups (broad SMARTS) is 1. The molecule has 0 aliphatic carbocycles. The predicted molar refractivity (Wildman–Crippen MR) is 67.1 cm³/mol. The summed E-state index contributed by atoms with van der Waals surface area (Å²) in [7, 11) is 2.26. The molecule has 0 aromatic carbocycles. The summed E-state index contributed by atoms with van der Waals surface area (Å²) in [6.45, 7) is 3.45. The lowest BCUT2D eigenvalue weighted by molar-refractivity contribution is -0.137. The monoisotopic (exact) mass is 240 g/mol. The Morgan fingerprint density at radius 3 is 2.76 bits per heavy atom. The van der Waals surface area contributed by atoms with Crippen LogP contribution >= 0.6 is 0 Å². The number of likely N-dealkylation sites (tertiary alicyclic amines) is 1. The summed E-state index contributed by atoms with van der Waals surface area (Å²) in [5.41, 5.74) is 0. The number of carboxylic acids is 1. The van der Waals surface area contributed by atoms with Gasteiger partial charge < -0.3 is 10.0 Å². The van der Waals surface area contributed by atoms with Gasteiger partial charge in [0.2, 0.25) is 0 Å². The number of carbonyl (C=O) groups is 1. The lowest BCUT2D eigenvalue weighted by Crippen LogP contribution is -2.37. The van der Waals surface area contributed by atoms with Crippen molar-refractivity contribution < 1.29 is 9.90 Å². The fourth-order valence-corrected chi connectivity index (χ4v) is 3.19. The molecule has 0 aromatic heterocycles. The van der Waals surface area contributed by atoms with E-state index >= 15 is 0 Å². The van der Waals surface area contributed by atoms with Gasteiger partial charge in [-0.05, 0) is 52.2 Å².